The van der Waals surface area contributed by atoms with Crippen molar-refractivity contribution in [2.45, 2.75) is 18.9 Å². The van der Waals surface area contributed by atoms with Gasteiger partial charge in [0.15, 0.2) is 0 Å². The summed E-state index contributed by atoms with van der Waals surface area (Å²) in [5.41, 5.74) is 5.91. The first kappa shape index (κ1) is 12.3. The Labute approximate surface area is 94.8 Å². The number of halogens is 3. The molecule has 1 heterocycles. The van der Waals surface area contributed by atoms with Gasteiger partial charge in [0.1, 0.15) is 5.75 Å². The highest BCUT2D eigenvalue weighted by atomic mass is 79.9. The van der Waals surface area contributed by atoms with Crippen LogP contribution in [0.4, 0.5) is 8.78 Å². The lowest BCUT2D eigenvalue weighted by Gasteiger charge is -2.14. The van der Waals surface area contributed by atoms with Crippen molar-refractivity contribution in [3.05, 3.63) is 22.4 Å². The van der Waals surface area contributed by atoms with E-state index < -0.39 is 12.5 Å². The van der Waals surface area contributed by atoms with Gasteiger partial charge >= 0.3 is 0 Å². The van der Waals surface area contributed by atoms with Crippen LogP contribution < -0.4 is 10.5 Å². The van der Waals surface area contributed by atoms with E-state index in [1.807, 2.05) is 0 Å². The smallest absolute Gasteiger partial charge is 0.253 e. The van der Waals surface area contributed by atoms with Gasteiger partial charge in [-0.1, -0.05) is 0 Å². The van der Waals surface area contributed by atoms with Crippen LogP contribution in [0.2, 0.25) is 0 Å². The third-order valence-electron chi connectivity index (χ3n) is 1.95. The molecule has 0 fully saturated rings. The Kier molecular flexibility index (Phi) is 4.41. The molecule has 84 valence electrons. The summed E-state index contributed by atoms with van der Waals surface area (Å²) in [7, 11) is 1.46. The van der Waals surface area contributed by atoms with Gasteiger partial charge in [-0.25, -0.2) is 8.78 Å². The molecule has 2 N–H and O–H groups in total. The lowest BCUT2D eigenvalue weighted by Crippen LogP contribution is -2.31. The Hall–Kier alpha value is -0.750. The van der Waals surface area contributed by atoms with Crippen molar-refractivity contribution in [3.8, 4) is 5.75 Å². The van der Waals surface area contributed by atoms with E-state index in [1.165, 1.54) is 19.5 Å². The zero-order valence-corrected chi connectivity index (χ0v) is 9.67. The minimum atomic E-state index is -2.55. The fourth-order valence-electron chi connectivity index (χ4n) is 1.14. The average Bonchev–Trinajstić information content (AvgIpc) is 2.20. The molecule has 0 aliphatic rings. The molecule has 1 rings (SSSR count). The van der Waals surface area contributed by atoms with E-state index >= 15 is 0 Å². The molecule has 0 aliphatic carbocycles. The largest absolute Gasteiger partial charge is 0.495 e. The van der Waals surface area contributed by atoms with Crippen molar-refractivity contribution in [1.29, 1.82) is 0 Å². The SMILES string of the molecule is COc1cncc(Br)c1CC(N)C(F)F. The molecule has 0 aliphatic heterocycles. The molecule has 0 radical (unpaired) electrons. The second-order valence-electron chi connectivity index (χ2n) is 3.00. The van der Waals surface area contributed by atoms with Gasteiger partial charge in [0.05, 0.1) is 19.3 Å². The van der Waals surface area contributed by atoms with Crippen LogP contribution in [0, 0.1) is 0 Å². The maximum absolute atomic E-state index is 12.3. The van der Waals surface area contributed by atoms with Gasteiger partial charge in [0, 0.05) is 16.2 Å². The van der Waals surface area contributed by atoms with Crippen LogP contribution in [0.25, 0.3) is 0 Å². The molecule has 0 saturated carbocycles. The van der Waals surface area contributed by atoms with Crippen LogP contribution in [0.3, 0.4) is 0 Å². The van der Waals surface area contributed by atoms with E-state index in [1.54, 1.807) is 0 Å². The van der Waals surface area contributed by atoms with Gasteiger partial charge in [-0.2, -0.15) is 0 Å². The summed E-state index contributed by atoms with van der Waals surface area (Å²) in [6.07, 6.45) is 0.493. The summed E-state index contributed by atoms with van der Waals surface area (Å²) in [5, 5.41) is 0. The Morgan fingerprint density at radius 2 is 2.20 bits per heavy atom. The number of hydrogen-bond donors (Lipinski definition) is 1. The van der Waals surface area contributed by atoms with Gasteiger partial charge < -0.3 is 10.5 Å². The van der Waals surface area contributed by atoms with Gasteiger partial charge in [-0.3, -0.25) is 4.98 Å². The number of aromatic nitrogens is 1. The summed E-state index contributed by atoms with van der Waals surface area (Å²) in [6.45, 7) is 0. The predicted molar refractivity (Wildman–Crippen MR) is 56.2 cm³/mol. The number of pyridine rings is 1. The normalized spacial score (nSPS) is 12.9. The number of hydrogen-bond acceptors (Lipinski definition) is 3. The van der Waals surface area contributed by atoms with Gasteiger partial charge in [-0.15, -0.1) is 0 Å². The van der Waals surface area contributed by atoms with E-state index in [0.717, 1.165) is 0 Å². The summed E-state index contributed by atoms with van der Waals surface area (Å²) >= 11 is 3.22. The van der Waals surface area contributed by atoms with Crippen molar-refractivity contribution >= 4 is 15.9 Å². The Morgan fingerprint density at radius 3 is 2.73 bits per heavy atom. The molecule has 0 spiro atoms. The van der Waals surface area contributed by atoms with Crippen LogP contribution in [-0.4, -0.2) is 24.6 Å². The lowest BCUT2D eigenvalue weighted by atomic mass is 10.1. The van der Waals surface area contributed by atoms with E-state index in [2.05, 4.69) is 20.9 Å². The molecule has 0 saturated heterocycles. The molecule has 0 amide bonds. The molecule has 0 aromatic carbocycles. The fraction of sp³-hybridized carbons (Fsp3) is 0.444. The van der Waals surface area contributed by atoms with Gasteiger partial charge in [0.25, 0.3) is 6.43 Å². The molecule has 1 atom stereocenters. The van der Waals surface area contributed by atoms with Crippen LogP contribution in [0.1, 0.15) is 5.56 Å². The zero-order valence-electron chi connectivity index (χ0n) is 8.08. The van der Waals surface area contributed by atoms with Crippen LogP contribution in [-0.2, 0) is 6.42 Å². The number of rotatable bonds is 4. The van der Waals surface area contributed by atoms with Crippen molar-refractivity contribution in [2.75, 3.05) is 7.11 Å². The molecular formula is C9H11BrF2N2O. The number of alkyl halides is 2. The van der Waals surface area contributed by atoms with E-state index in [9.17, 15) is 8.78 Å². The van der Waals surface area contributed by atoms with Gasteiger partial charge in [0.2, 0.25) is 0 Å². The van der Waals surface area contributed by atoms with Crippen molar-refractivity contribution in [3.63, 3.8) is 0 Å². The van der Waals surface area contributed by atoms with Crippen LogP contribution in [0.5, 0.6) is 5.75 Å². The Morgan fingerprint density at radius 1 is 1.53 bits per heavy atom. The molecule has 3 nitrogen and oxygen atoms in total. The van der Waals surface area contributed by atoms with Crippen molar-refractivity contribution in [2.24, 2.45) is 5.73 Å². The molecule has 0 bridgehead atoms. The zero-order chi connectivity index (χ0) is 11.4. The van der Waals surface area contributed by atoms with Crippen molar-refractivity contribution < 1.29 is 13.5 Å². The summed E-state index contributed by atoms with van der Waals surface area (Å²) in [6, 6.07) is -1.20. The minimum Gasteiger partial charge on any atom is -0.495 e. The second-order valence-corrected chi connectivity index (χ2v) is 3.86. The summed E-state index contributed by atoms with van der Waals surface area (Å²) < 4.78 is 30.2. The molecule has 1 unspecified atom stereocenters. The van der Waals surface area contributed by atoms with Crippen LogP contribution >= 0.6 is 15.9 Å². The highest BCUT2D eigenvalue weighted by Gasteiger charge is 2.19. The number of methoxy groups -OCH3 is 1. The molecular weight excluding hydrogens is 270 g/mol. The number of ether oxygens (including phenoxy) is 1. The number of nitrogens with zero attached hydrogens (tertiary/aromatic N) is 1. The average molecular weight is 281 g/mol. The Balaban J connectivity index is 2.92. The quantitative estimate of drug-likeness (QED) is 0.918. The Bertz CT molecular complexity index is 336. The molecule has 6 heteroatoms. The lowest BCUT2D eigenvalue weighted by molar-refractivity contribution is 0.115. The minimum absolute atomic E-state index is 0.0456. The fourth-order valence-corrected chi connectivity index (χ4v) is 1.62. The third-order valence-corrected chi connectivity index (χ3v) is 2.63. The molecule has 1 aromatic heterocycles. The van der Waals surface area contributed by atoms with E-state index in [-0.39, 0.29) is 6.42 Å². The number of nitrogens with two attached hydrogens (primary N) is 1. The maximum Gasteiger partial charge on any atom is 0.253 e. The summed E-state index contributed by atoms with van der Waals surface area (Å²) in [4.78, 5) is 3.87. The summed E-state index contributed by atoms with van der Waals surface area (Å²) in [5.74, 6) is 0.459. The standard InChI is InChI=1S/C9H11BrF2N2O/c1-15-8-4-14-3-6(10)5(8)2-7(13)9(11)12/h3-4,7,9H,2,13H2,1H3. The predicted octanol–water partition coefficient (Wildman–Crippen LogP) is 1.99. The van der Waals surface area contributed by atoms with Crippen molar-refractivity contribution in [1.82, 2.24) is 4.98 Å². The highest BCUT2D eigenvalue weighted by molar-refractivity contribution is 9.10. The topological polar surface area (TPSA) is 48.1 Å². The highest BCUT2D eigenvalue weighted by Crippen LogP contribution is 2.27. The van der Waals surface area contributed by atoms with E-state index in [0.29, 0.717) is 15.8 Å². The molecule has 1 aromatic rings. The first-order chi connectivity index (χ1) is 7.06. The first-order valence-electron chi connectivity index (χ1n) is 4.26. The first-order valence-corrected chi connectivity index (χ1v) is 5.05. The monoisotopic (exact) mass is 280 g/mol. The molecule has 15 heavy (non-hydrogen) atoms. The van der Waals surface area contributed by atoms with Crippen LogP contribution in [0.15, 0.2) is 16.9 Å². The van der Waals surface area contributed by atoms with Gasteiger partial charge in [-0.05, 0) is 22.4 Å². The maximum atomic E-state index is 12.3. The third kappa shape index (κ3) is 3.10. The second kappa shape index (κ2) is 5.37. The van der Waals surface area contributed by atoms with E-state index in [4.69, 9.17) is 10.5 Å².